The van der Waals surface area contributed by atoms with Crippen molar-refractivity contribution in [1.82, 2.24) is 10.2 Å². The van der Waals surface area contributed by atoms with Crippen molar-refractivity contribution in [3.63, 3.8) is 0 Å². The van der Waals surface area contributed by atoms with Crippen LogP contribution >= 0.6 is 0 Å². The van der Waals surface area contributed by atoms with Crippen molar-refractivity contribution in [3.05, 3.63) is 59.7 Å². The lowest BCUT2D eigenvalue weighted by molar-refractivity contribution is -0.136. The van der Waals surface area contributed by atoms with E-state index in [1.54, 1.807) is 42.5 Å². The zero-order valence-corrected chi connectivity index (χ0v) is 18.1. The van der Waals surface area contributed by atoms with Gasteiger partial charge < -0.3 is 16.0 Å². The lowest BCUT2D eigenvalue weighted by Gasteiger charge is -2.23. The average molecular weight is 445 g/mol. The second-order valence-electron chi connectivity index (χ2n) is 8.29. The van der Waals surface area contributed by atoms with Gasteiger partial charge in [-0.1, -0.05) is 25.0 Å². The molecule has 1 saturated carbocycles. The highest BCUT2D eigenvalue weighted by Gasteiger charge is 2.54. The molecular weight excluding hydrogens is 422 g/mol. The number of nitrogens with one attached hydrogen (secondary N) is 3. The predicted octanol–water partition coefficient (Wildman–Crippen LogP) is 3.00. The first-order valence-corrected chi connectivity index (χ1v) is 10.7. The quantitative estimate of drug-likeness (QED) is 0.609. The molecule has 4 rings (SSSR count). The van der Waals surface area contributed by atoms with E-state index >= 15 is 0 Å². The van der Waals surface area contributed by atoms with Gasteiger partial charge in [0.05, 0.1) is 11.6 Å². The molecule has 1 unspecified atom stereocenters. The first kappa shape index (κ1) is 22.0. The lowest BCUT2D eigenvalue weighted by Crippen LogP contribution is -2.48. The van der Waals surface area contributed by atoms with Crippen molar-refractivity contribution in [2.75, 3.05) is 10.6 Å². The minimum absolute atomic E-state index is 0.294. The number of imide groups is 1. The zero-order valence-electron chi connectivity index (χ0n) is 18.1. The number of hydrogen-bond acceptors (Lipinski definition) is 5. The molecule has 0 bridgehead atoms. The highest BCUT2D eigenvalue weighted by atomic mass is 16.2. The molecule has 1 saturated heterocycles. The third-order valence-corrected chi connectivity index (χ3v) is 6.06. The number of urea groups is 1. The number of hydrogen-bond donors (Lipinski definition) is 3. The van der Waals surface area contributed by atoms with E-state index < -0.39 is 29.4 Å². The number of nitrogens with zero attached hydrogens (tertiary/aromatic N) is 2. The Kier molecular flexibility index (Phi) is 5.84. The summed E-state index contributed by atoms with van der Waals surface area (Å²) in [7, 11) is 0. The van der Waals surface area contributed by atoms with Gasteiger partial charge in [0.15, 0.2) is 0 Å². The number of nitriles is 1. The maximum atomic E-state index is 12.9. The smallest absolute Gasteiger partial charge is 0.324 e. The SMILES string of the molecule is CC(C(=O)Nc1cccc(C(=O)Nc2cccc(C#N)c2)c1)N1C(=O)NC2(CCCC2)C1=O. The molecule has 1 heterocycles. The fraction of sp³-hybridized carbons (Fsp3) is 0.292. The van der Waals surface area contributed by atoms with Crippen molar-refractivity contribution >= 4 is 35.1 Å². The second-order valence-corrected chi connectivity index (χ2v) is 8.29. The standard InChI is InChI=1S/C24H23N5O4/c1-15(29-22(32)24(28-23(29)33)10-2-3-11-24)20(30)26-19-9-5-7-17(13-19)21(31)27-18-8-4-6-16(12-18)14-25/h4-9,12-13,15H,2-3,10-11H2,1H3,(H,26,30)(H,27,31)(H,28,33). The molecule has 1 atom stereocenters. The van der Waals surface area contributed by atoms with Crippen LogP contribution in [-0.2, 0) is 9.59 Å². The second kappa shape index (κ2) is 8.74. The highest BCUT2D eigenvalue weighted by molar-refractivity contribution is 6.11. The molecule has 33 heavy (non-hydrogen) atoms. The summed E-state index contributed by atoms with van der Waals surface area (Å²) in [4.78, 5) is 51.8. The third-order valence-electron chi connectivity index (χ3n) is 6.06. The van der Waals surface area contributed by atoms with E-state index in [2.05, 4.69) is 16.0 Å². The van der Waals surface area contributed by atoms with Crippen LogP contribution in [0.1, 0.15) is 48.5 Å². The predicted molar refractivity (Wildman–Crippen MR) is 120 cm³/mol. The average Bonchev–Trinajstić information content (AvgIpc) is 3.37. The van der Waals surface area contributed by atoms with Gasteiger partial charge in [-0.25, -0.2) is 9.69 Å². The van der Waals surface area contributed by atoms with Gasteiger partial charge in [-0.2, -0.15) is 5.26 Å². The van der Waals surface area contributed by atoms with Gasteiger partial charge in [-0.05, 0) is 56.2 Å². The van der Waals surface area contributed by atoms with E-state index in [9.17, 15) is 19.2 Å². The van der Waals surface area contributed by atoms with Crippen molar-refractivity contribution in [1.29, 1.82) is 5.26 Å². The first-order chi connectivity index (χ1) is 15.8. The van der Waals surface area contributed by atoms with Crippen LogP contribution in [0.3, 0.4) is 0 Å². The Morgan fingerprint density at radius 2 is 1.73 bits per heavy atom. The van der Waals surface area contributed by atoms with Gasteiger partial charge in [-0.15, -0.1) is 0 Å². The Morgan fingerprint density at radius 3 is 2.42 bits per heavy atom. The summed E-state index contributed by atoms with van der Waals surface area (Å²) in [6.07, 6.45) is 2.87. The molecule has 2 fully saturated rings. The molecule has 2 aromatic carbocycles. The van der Waals surface area contributed by atoms with Crippen LogP contribution in [-0.4, -0.2) is 40.2 Å². The molecular formula is C24H23N5O4. The van der Waals surface area contributed by atoms with E-state index in [0.29, 0.717) is 35.3 Å². The Balaban J connectivity index is 1.44. The Morgan fingerprint density at radius 1 is 1.06 bits per heavy atom. The third kappa shape index (κ3) is 4.28. The Bertz CT molecular complexity index is 1180. The van der Waals surface area contributed by atoms with E-state index in [-0.39, 0.29) is 5.91 Å². The van der Waals surface area contributed by atoms with Crippen LogP contribution in [0.5, 0.6) is 0 Å². The van der Waals surface area contributed by atoms with Crippen LogP contribution in [0.2, 0.25) is 0 Å². The number of anilines is 2. The summed E-state index contributed by atoms with van der Waals surface area (Å²) in [6, 6.07) is 13.3. The van der Waals surface area contributed by atoms with Crippen LogP contribution in [0, 0.1) is 11.3 Å². The molecule has 0 aromatic heterocycles. The number of carbonyl (C=O) groups excluding carboxylic acids is 4. The van der Waals surface area contributed by atoms with Crippen molar-refractivity contribution in [2.45, 2.75) is 44.2 Å². The molecule has 3 N–H and O–H groups in total. The summed E-state index contributed by atoms with van der Waals surface area (Å²) in [5.74, 6) is -1.31. The minimum atomic E-state index is -1.01. The van der Waals surface area contributed by atoms with Crippen molar-refractivity contribution < 1.29 is 19.2 Å². The maximum absolute atomic E-state index is 12.9. The highest BCUT2D eigenvalue weighted by Crippen LogP contribution is 2.35. The summed E-state index contributed by atoms with van der Waals surface area (Å²) in [5, 5.41) is 17.2. The van der Waals surface area contributed by atoms with Gasteiger partial charge in [0.2, 0.25) is 5.91 Å². The van der Waals surface area contributed by atoms with Crippen LogP contribution in [0.25, 0.3) is 0 Å². The normalized spacial score (nSPS) is 17.4. The summed E-state index contributed by atoms with van der Waals surface area (Å²) in [5.41, 5.74) is 0.659. The van der Waals surface area contributed by atoms with Gasteiger partial charge in [0.25, 0.3) is 11.8 Å². The van der Waals surface area contributed by atoms with E-state index in [1.165, 1.54) is 13.0 Å². The van der Waals surface area contributed by atoms with Crippen LogP contribution in [0.15, 0.2) is 48.5 Å². The van der Waals surface area contributed by atoms with E-state index in [1.807, 2.05) is 6.07 Å². The van der Waals surface area contributed by atoms with Crippen molar-refractivity contribution in [2.24, 2.45) is 0 Å². The van der Waals surface area contributed by atoms with Crippen LogP contribution < -0.4 is 16.0 Å². The van der Waals surface area contributed by atoms with Crippen molar-refractivity contribution in [3.8, 4) is 6.07 Å². The monoisotopic (exact) mass is 445 g/mol. The fourth-order valence-electron chi connectivity index (χ4n) is 4.28. The van der Waals surface area contributed by atoms with E-state index in [4.69, 9.17) is 5.26 Å². The molecule has 9 heteroatoms. The summed E-state index contributed by atoms with van der Waals surface area (Å²) >= 11 is 0. The lowest BCUT2D eigenvalue weighted by atomic mass is 9.97. The molecule has 168 valence electrons. The van der Waals surface area contributed by atoms with Crippen LogP contribution in [0.4, 0.5) is 16.2 Å². The van der Waals surface area contributed by atoms with Gasteiger partial charge in [0.1, 0.15) is 11.6 Å². The van der Waals surface area contributed by atoms with Gasteiger partial charge >= 0.3 is 6.03 Å². The fourth-order valence-corrected chi connectivity index (χ4v) is 4.28. The number of rotatable bonds is 5. The largest absolute Gasteiger partial charge is 0.325 e. The maximum Gasteiger partial charge on any atom is 0.325 e. The van der Waals surface area contributed by atoms with Gasteiger partial charge in [-0.3, -0.25) is 14.4 Å². The molecule has 1 spiro atoms. The Labute approximate surface area is 190 Å². The number of benzene rings is 2. The summed E-state index contributed by atoms with van der Waals surface area (Å²) in [6.45, 7) is 1.50. The topological polar surface area (TPSA) is 131 Å². The molecule has 0 radical (unpaired) electrons. The molecule has 1 aliphatic carbocycles. The minimum Gasteiger partial charge on any atom is -0.324 e. The Hall–Kier alpha value is -4.19. The number of carbonyl (C=O) groups is 4. The van der Waals surface area contributed by atoms with E-state index in [0.717, 1.165) is 17.7 Å². The molecule has 2 aliphatic rings. The summed E-state index contributed by atoms with van der Waals surface area (Å²) < 4.78 is 0. The van der Waals surface area contributed by atoms with Gasteiger partial charge in [0, 0.05) is 16.9 Å². The molecule has 9 nitrogen and oxygen atoms in total. The molecule has 1 aliphatic heterocycles. The zero-order chi connectivity index (χ0) is 23.6. The molecule has 5 amide bonds. The number of amides is 5. The first-order valence-electron chi connectivity index (χ1n) is 10.7. The molecule has 2 aromatic rings.